The summed E-state index contributed by atoms with van der Waals surface area (Å²) in [5, 5.41) is 11.0. The third-order valence-corrected chi connectivity index (χ3v) is 4.76. The summed E-state index contributed by atoms with van der Waals surface area (Å²) >= 11 is 0. The average molecular weight is 519 g/mol. The van der Waals surface area contributed by atoms with Crippen LogP contribution in [0.15, 0.2) is 65.9 Å². The number of hydrogen-bond acceptors (Lipinski definition) is 3. The fourth-order valence-electron chi connectivity index (χ4n) is 3.17. The number of aryl methyl sites for hydroxylation is 1. The Balaban J connectivity index is 0.00000320. The fraction of sp³-hybridized carbons (Fsp3) is 0.304. The van der Waals surface area contributed by atoms with Crippen LogP contribution in [0.4, 0.5) is 0 Å². The summed E-state index contributed by atoms with van der Waals surface area (Å²) < 4.78 is 7.33. The molecule has 160 valence electrons. The van der Waals surface area contributed by atoms with Gasteiger partial charge in [0, 0.05) is 32.5 Å². The molecule has 3 rings (SSSR count). The first-order valence-electron chi connectivity index (χ1n) is 9.81. The number of methoxy groups -OCH3 is 1. The number of nitrogens with zero attached hydrogens (tertiary/aromatic N) is 3. The molecule has 2 N–H and O–H groups in total. The zero-order valence-electron chi connectivity index (χ0n) is 17.8. The molecule has 2 aromatic carbocycles. The predicted molar refractivity (Wildman–Crippen MR) is 133 cm³/mol. The molecule has 0 aliphatic rings. The maximum atomic E-state index is 5.40. The summed E-state index contributed by atoms with van der Waals surface area (Å²) in [5.41, 5.74) is 4.82. The number of aliphatic imine (C=N–C) groups is 1. The van der Waals surface area contributed by atoms with E-state index in [4.69, 9.17) is 4.74 Å². The van der Waals surface area contributed by atoms with Crippen LogP contribution in [0.3, 0.4) is 0 Å². The van der Waals surface area contributed by atoms with E-state index in [-0.39, 0.29) is 24.0 Å². The van der Waals surface area contributed by atoms with Gasteiger partial charge in [-0.1, -0.05) is 36.4 Å². The molecule has 0 radical (unpaired) electrons. The molecule has 6 nitrogen and oxygen atoms in total. The van der Waals surface area contributed by atoms with Crippen molar-refractivity contribution in [3.05, 3.63) is 83.2 Å². The van der Waals surface area contributed by atoms with Gasteiger partial charge in [0.05, 0.1) is 13.7 Å². The van der Waals surface area contributed by atoms with Gasteiger partial charge in [-0.25, -0.2) is 0 Å². The lowest BCUT2D eigenvalue weighted by Crippen LogP contribution is -2.37. The Labute approximate surface area is 195 Å². The third kappa shape index (κ3) is 7.05. The molecule has 0 fully saturated rings. The van der Waals surface area contributed by atoms with Gasteiger partial charge in [0.2, 0.25) is 0 Å². The van der Waals surface area contributed by atoms with E-state index in [0.717, 1.165) is 36.8 Å². The number of halogens is 1. The minimum absolute atomic E-state index is 0. The molecular weight excluding hydrogens is 489 g/mol. The Kier molecular flexibility index (Phi) is 9.66. The molecule has 0 amide bonds. The number of nitrogens with one attached hydrogen (secondary N) is 2. The van der Waals surface area contributed by atoms with E-state index in [1.165, 1.54) is 16.7 Å². The molecule has 0 saturated heterocycles. The van der Waals surface area contributed by atoms with Crippen molar-refractivity contribution in [2.75, 3.05) is 20.7 Å². The smallest absolute Gasteiger partial charge is 0.191 e. The van der Waals surface area contributed by atoms with Gasteiger partial charge in [0.1, 0.15) is 5.75 Å². The van der Waals surface area contributed by atoms with Crippen LogP contribution in [0, 0.1) is 6.92 Å². The third-order valence-electron chi connectivity index (χ3n) is 4.76. The van der Waals surface area contributed by atoms with Gasteiger partial charge < -0.3 is 15.4 Å². The first-order valence-corrected chi connectivity index (χ1v) is 9.81. The van der Waals surface area contributed by atoms with Gasteiger partial charge in [0.25, 0.3) is 0 Å². The zero-order valence-corrected chi connectivity index (χ0v) is 20.1. The summed E-state index contributed by atoms with van der Waals surface area (Å²) in [4.78, 5) is 4.32. The van der Waals surface area contributed by atoms with Crippen LogP contribution >= 0.6 is 24.0 Å². The number of guanidine groups is 1. The quantitative estimate of drug-likeness (QED) is 0.270. The molecular formula is C23H30IN5O. The molecule has 0 saturated carbocycles. The van der Waals surface area contributed by atoms with Gasteiger partial charge in [0.15, 0.2) is 5.96 Å². The fourth-order valence-corrected chi connectivity index (χ4v) is 3.17. The molecule has 0 atom stereocenters. The Morgan fingerprint density at radius 3 is 2.63 bits per heavy atom. The first kappa shape index (κ1) is 23.7. The van der Waals surface area contributed by atoms with Gasteiger partial charge in [-0.05, 0) is 47.7 Å². The Morgan fingerprint density at radius 2 is 1.90 bits per heavy atom. The van der Waals surface area contributed by atoms with Crippen LogP contribution in [-0.2, 0) is 19.5 Å². The molecule has 7 heteroatoms. The van der Waals surface area contributed by atoms with E-state index >= 15 is 0 Å². The summed E-state index contributed by atoms with van der Waals surface area (Å²) in [7, 11) is 3.50. The molecule has 1 aromatic heterocycles. The van der Waals surface area contributed by atoms with E-state index in [2.05, 4.69) is 70.1 Å². The predicted octanol–water partition coefficient (Wildman–Crippen LogP) is 3.77. The van der Waals surface area contributed by atoms with E-state index in [1.54, 1.807) is 20.4 Å². The highest BCUT2D eigenvalue weighted by Gasteiger charge is 2.03. The summed E-state index contributed by atoms with van der Waals surface area (Å²) in [6.07, 6.45) is 4.67. The highest BCUT2D eigenvalue weighted by atomic mass is 127. The second kappa shape index (κ2) is 12.2. The normalized spacial score (nSPS) is 11.0. The van der Waals surface area contributed by atoms with Gasteiger partial charge in [-0.2, -0.15) is 5.10 Å². The van der Waals surface area contributed by atoms with E-state index in [9.17, 15) is 0 Å². The Hall–Kier alpha value is -2.55. The second-order valence-corrected chi connectivity index (χ2v) is 6.93. The highest BCUT2D eigenvalue weighted by molar-refractivity contribution is 14.0. The molecule has 0 spiro atoms. The van der Waals surface area contributed by atoms with Crippen molar-refractivity contribution in [3.8, 4) is 5.75 Å². The monoisotopic (exact) mass is 519 g/mol. The van der Waals surface area contributed by atoms with Gasteiger partial charge >= 0.3 is 0 Å². The molecule has 1 heterocycles. The van der Waals surface area contributed by atoms with Crippen molar-refractivity contribution >= 4 is 29.9 Å². The highest BCUT2D eigenvalue weighted by Crippen LogP contribution is 2.19. The van der Waals surface area contributed by atoms with Crippen molar-refractivity contribution < 1.29 is 4.74 Å². The van der Waals surface area contributed by atoms with Crippen LogP contribution in [0.25, 0.3) is 0 Å². The average Bonchev–Trinajstić information content (AvgIpc) is 3.25. The number of hydrogen-bond donors (Lipinski definition) is 2. The lowest BCUT2D eigenvalue weighted by Gasteiger charge is -2.13. The molecule has 30 heavy (non-hydrogen) atoms. The SMILES string of the molecule is CN=C(NCCc1ccc(C)c(OC)c1)NCc1cccc(Cn2cccn2)c1.I. The van der Waals surface area contributed by atoms with Crippen molar-refractivity contribution in [2.24, 2.45) is 4.99 Å². The van der Waals surface area contributed by atoms with Crippen molar-refractivity contribution in [1.29, 1.82) is 0 Å². The minimum atomic E-state index is 0. The van der Waals surface area contributed by atoms with Crippen LogP contribution in [0.1, 0.15) is 22.3 Å². The topological polar surface area (TPSA) is 63.5 Å². The van der Waals surface area contributed by atoms with Crippen molar-refractivity contribution in [2.45, 2.75) is 26.4 Å². The molecule has 0 aliphatic heterocycles. The second-order valence-electron chi connectivity index (χ2n) is 6.93. The zero-order chi connectivity index (χ0) is 20.5. The standard InChI is InChI=1S/C23H29N5O.HI/c1-18-8-9-19(15-22(18)29-3)10-12-25-23(24-2)26-16-20-6-4-7-21(14-20)17-28-13-5-11-27-28;/h4-9,11,13-15H,10,12,16-17H2,1-3H3,(H2,24,25,26);1H. The molecule has 3 aromatic rings. The van der Waals surface area contributed by atoms with E-state index in [1.807, 2.05) is 16.9 Å². The Bertz CT molecular complexity index is 941. The number of aromatic nitrogens is 2. The molecule has 0 unspecified atom stereocenters. The summed E-state index contributed by atoms with van der Waals surface area (Å²) in [5.74, 6) is 1.72. The number of rotatable bonds is 8. The Morgan fingerprint density at radius 1 is 1.07 bits per heavy atom. The lowest BCUT2D eigenvalue weighted by molar-refractivity contribution is 0.411. The van der Waals surface area contributed by atoms with Crippen LogP contribution in [-0.4, -0.2) is 36.4 Å². The molecule has 0 aliphatic carbocycles. The van der Waals surface area contributed by atoms with Gasteiger partial charge in [-0.15, -0.1) is 24.0 Å². The largest absolute Gasteiger partial charge is 0.496 e. The summed E-state index contributed by atoms with van der Waals surface area (Å²) in [6, 6.07) is 16.8. The minimum Gasteiger partial charge on any atom is -0.496 e. The number of benzene rings is 2. The van der Waals surface area contributed by atoms with Crippen molar-refractivity contribution in [3.63, 3.8) is 0 Å². The van der Waals surface area contributed by atoms with Crippen molar-refractivity contribution in [1.82, 2.24) is 20.4 Å². The van der Waals surface area contributed by atoms with Crippen LogP contribution in [0.2, 0.25) is 0 Å². The number of ether oxygens (including phenoxy) is 1. The van der Waals surface area contributed by atoms with Gasteiger partial charge in [-0.3, -0.25) is 9.67 Å². The van der Waals surface area contributed by atoms with Crippen LogP contribution in [0.5, 0.6) is 5.75 Å². The van der Waals surface area contributed by atoms with E-state index < -0.39 is 0 Å². The maximum absolute atomic E-state index is 5.40. The first-order chi connectivity index (χ1) is 14.2. The maximum Gasteiger partial charge on any atom is 0.191 e. The molecule has 0 bridgehead atoms. The van der Waals surface area contributed by atoms with Crippen LogP contribution < -0.4 is 15.4 Å². The van der Waals surface area contributed by atoms with E-state index in [0.29, 0.717) is 6.54 Å². The lowest BCUT2D eigenvalue weighted by atomic mass is 10.1. The summed E-state index contributed by atoms with van der Waals surface area (Å²) in [6.45, 7) is 4.33.